The second-order valence-corrected chi connectivity index (χ2v) is 7.59. The first-order valence-electron chi connectivity index (χ1n) is 9.19. The van der Waals surface area contributed by atoms with Crippen LogP contribution in [0.1, 0.15) is 26.7 Å². The molecular weight excluding hydrogens is 405 g/mol. The van der Waals surface area contributed by atoms with Crippen molar-refractivity contribution >= 4 is 17.2 Å². The summed E-state index contributed by atoms with van der Waals surface area (Å²) in [6.07, 6.45) is 1.60. The van der Waals surface area contributed by atoms with E-state index in [-0.39, 0.29) is 11.7 Å². The lowest BCUT2D eigenvalue weighted by Gasteiger charge is -2.07. The highest BCUT2D eigenvalue weighted by atomic mass is 32.1. The zero-order chi connectivity index (χ0) is 21.1. The van der Waals surface area contributed by atoms with Gasteiger partial charge < -0.3 is 14.5 Å². The summed E-state index contributed by atoms with van der Waals surface area (Å²) in [5.41, 5.74) is 1.46. The number of carbonyl (C=O) groups is 1. The van der Waals surface area contributed by atoms with Gasteiger partial charge in [-0.1, -0.05) is 12.1 Å². The van der Waals surface area contributed by atoms with E-state index in [1.165, 1.54) is 23.5 Å². The fourth-order valence-electron chi connectivity index (χ4n) is 2.75. The lowest BCUT2D eigenvalue weighted by molar-refractivity contribution is 0.0954. The molecule has 0 saturated heterocycles. The van der Waals surface area contributed by atoms with Crippen LogP contribution in [0.4, 0.5) is 4.39 Å². The molecule has 30 heavy (non-hydrogen) atoms. The summed E-state index contributed by atoms with van der Waals surface area (Å²) < 4.78 is 24.3. The van der Waals surface area contributed by atoms with Gasteiger partial charge in [0.05, 0.1) is 5.69 Å². The summed E-state index contributed by atoms with van der Waals surface area (Å²) in [5.74, 6) is 1.56. The fraction of sp³-hybridized carbons (Fsp3) is 0.136. The largest absolute Gasteiger partial charge is 0.459 e. The van der Waals surface area contributed by atoms with E-state index < -0.39 is 0 Å². The van der Waals surface area contributed by atoms with Gasteiger partial charge >= 0.3 is 0 Å². The number of hydrogen-bond acceptors (Lipinski definition) is 6. The number of halogens is 1. The number of amides is 1. The topological polar surface area (TPSA) is 77.2 Å². The Balaban J connectivity index is 1.37. The fourth-order valence-corrected chi connectivity index (χ4v) is 3.70. The number of benzene rings is 1. The van der Waals surface area contributed by atoms with Gasteiger partial charge in [0, 0.05) is 24.9 Å². The minimum Gasteiger partial charge on any atom is -0.459 e. The molecule has 0 radical (unpaired) electrons. The molecule has 6 nitrogen and oxygen atoms in total. The second-order valence-electron chi connectivity index (χ2n) is 6.59. The average molecular weight is 423 g/mol. The Morgan fingerprint density at radius 2 is 2.07 bits per heavy atom. The number of pyridine rings is 1. The third kappa shape index (κ3) is 4.55. The molecule has 0 aliphatic carbocycles. The van der Waals surface area contributed by atoms with Crippen molar-refractivity contribution in [2.45, 2.75) is 20.4 Å². The Bertz CT molecular complexity index is 1180. The van der Waals surface area contributed by atoms with Crippen LogP contribution in [0.3, 0.4) is 0 Å². The number of nitrogens with one attached hydrogen (secondary N) is 1. The predicted molar refractivity (Wildman–Crippen MR) is 111 cm³/mol. The highest BCUT2D eigenvalue weighted by molar-refractivity contribution is 7.17. The molecule has 4 aromatic rings. The molecule has 3 heterocycles. The van der Waals surface area contributed by atoms with Crippen LogP contribution >= 0.6 is 11.3 Å². The predicted octanol–water partition coefficient (Wildman–Crippen LogP) is 5.28. The highest BCUT2D eigenvalue weighted by Gasteiger charge is 2.17. The van der Waals surface area contributed by atoms with Crippen molar-refractivity contribution in [3.05, 3.63) is 82.4 Å². The third-order valence-electron chi connectivity index (χ3n) is 4.22. The first-order chi connectivity index (χ1) is 14.5. The van der Waals surface area contributed by atoms with Gasteiger partial charge in [0.25, 0.3) is 5.91 Å². The maximum atomic E-state index is 13.2. The zero-order valence-electron chi connectivity index (χ0n) is 16.3. The van der Waals surface area contributed by atoms with E-state index in [4.69, 9.17) is 9.15 Å². The van der Waals surface area contributed by atoms with E-state index in [9.17, 15) is 9.18 Å². The second kappa shape index (κ2) is 8.46. The van der Waals surface area contributed by atoms with E-state index >= 15 is 0 Å². The first kappa shape index (κ1) is 19.8. The molecule has 0 unspecified atom stereocenters. The molecule has 152 valence electrons. The van der Waals surface area contributed by atoms with Gasteiger partial charge in [-0.15, -0.1) is 11.3 Å². The third-order valence-corrected chi connectivity index (χ3v) is 5.39. The Hall–Kier alpha value is -3.52. The van der Waals surface area contributed by atoms with Crippen LogP contribution in [0.5, 0.6) is 11.6 Å². The number of hydrogen-bond donors (Lipinski definition) is 1. The standard InChI is InChI=1S/C22H18FN3O3S/c1-13-6-8-18(28-13)22-26-14(2)20(30-22)21(27)25-12-15-7-9-19(24-11-15)29-17-5-3-4-16(23)10-17/h3-11H,12H2,1-2H3,(H,25,27). The molecule has 0 spiro atoms. The van der Waals surface area contributed by atoms with Crippen molar-refractivity contribution in [2.75, 3.05) is 0 Å². The van der Waals surface area contributed by atoms with Gasteiger partial charge in [0.1, 0.15) is 22.2 Å². The molecule has 8 heteroatoms. The van der Waals surface area contributed by atoms with Crippen molar-refractivity contribution in [3.63, 3.8) is 0 Å². The average Bonchev–Trinajstić information content (AvgIpc) is 3.33. The van der Waals surface area contributed by atoms with Gasteiger partial charge in [-0.2, -0.15) is 0 Å². The molecular formula is C22H18FN3O3S. The van der Waals surface area contributed by atoms with E-state index in [1.807, 2.05) is 19.1 Å². The summed E-state index contributed by atoms with van der Waals surface area (Å²) in [5, 5.41) is 3.55. The summed E-state index contributed by atoms with van der Waals surface area (Å²) in [6, 6.07) is 13.0. The molecule has 1 aromatic carbocycles. The van der Waals surface area contributed by atoms with Crippen LogP contribution in [-0.4, -0.2) is 15.9 Å². The zero-order valence-corrected chi connectivity index (χ0v) is 17.1. The summed E-state index contributed by atoms with van der Waals surface area (Å²) in [6.45, 7) is 3.96. The van der Waals surface area contributed by atoms with E-state index in [2.05, 4.69) is 15.3 Å². The molecule has 0 aliphatic heterocycles. The summed E-state index contributed by atoms with van der Waals surface area (Å²) >= 11 is 1.29. The smallest absolute Gasteiger partial charge is 0.263 e. The van der Waals surface area contributed by atoms with Crippen LogP contribution in [0, 0.1) is 19.7 Å². The van der Waals surface area contributed by atoms with Gasteiger partial charge in [-0.05, 0) is 43.7 Å². The molecule has 3 aromatic heterocycles. The minimum atomic E-state index is -0.379. The molecule has 4 rings (SSSR count). The molecule has 0 atom stereocenters. The normalized spacial score (nSPS) is 10.8. The van der Waals surface area contributed by atoms with Crippen molar-refractivity contribution < 1.29 is 18.3 Å². The van der Waals surface area contributed by atoms with Crippen molar-refractivity contribution in [1.82, 2.24) is 15.3 Å². The minimum absolute atomic E-state index is 0.209. The van der Waals surface area contributed by atoms with Gasteiger partial charge in [-0.3, -0.25) is 4.79 Å². The van der Waals surface area contributed by atoms with Crippen LogP contribution in [0.2, 0.25) is 0 Å². The quantitative estimate of drug-likeness (QED) is 0.457. The van der Waals surface area contributed by atoms with E-state index in [0.717, 1.165) is 11.3 Å². The summed E-state index contributed by atoms with van der Waals surface area (Å²) in [7, 11) is 0. The maximum Gasteiger partial charge on any atom is 0.263 e. The number of aromatic nitrogens is 2. The maximum absolute atomic E-state index is 13.2. The van der Waals surface area contributed by atoms with Crippen molar-refractivity contribution in [1.29, 1.82) is 0 Å². The molecule has 1 amide bonds. The van der Waals surface area contributed by atoms with Crippen molar-refractivity contribution in [3.8, 4) is 22.4 Å². The molecule has 0 fully saturated rings. The number of rotatable bonds is 6. The molecule has 0 bridgehead atoms. The van der Waals surface area contributed by atoms with E-state index in [1.54, 1.807) is 37.4 Å². The number of thiazole rings is 1. The monoisotopic (exact) mass is 423 g/mol. The van der Waals surface area contributed by atoms with Gasteiger partial charge in [0.2, 0.25) is 5.88 Å². The Morgan fingerprint density at radius 3 is 2.77 bits per heavy atom. The number of ether oxygens (including phenoxy) is 1. The number of nitrogens with zero attached hydrogens (tertiary/aromatic N) is 2. The van der Waals surface area contributed by atoms with E-state index in [0.29, 0.717) is 39.5 Å². The SMILES string of the molecule is Cc1ccc(-c2nc(C)c(C(=O)NCc3ccc(Oc4cccc(F)c4)nc3)s2)o1. The first-order valence-corrected chi connectivity index (χ1v) is 10.0. The number of carbonyl (C=O) groups excluding carboxylic acids is 1. The van der Waals surface area contributed by atoms with Crippen LogP contribution in [0.15, 0.2) is 59.1 Å². The van der Waals surface area contributed by atoms with Crippen molar-refractivity contribution in [2.24, 2.45) is 0 Å². The molecule has 0 aliphatic rings. The number of aryl methyl sites for hydroxylation is 2. The molecule has 1 N–H and O–H groups in total. The lowest BCUT2D eigenvalue weighted by Crippen LogP contribution is -2.22. The molecule has 0 saturated carbocycles. The Kier molecular flexibility index (Phi) is 5.58. The van der Waals surface area contributed by atoms with Gasteiger partial charge in [0.15, 0.2) is 10.8 Å². The summed E-state index contributed by atoms with van der Waals surface area (Å²) in [4.78, 5) is 21.8. The van der Waals surface area contributed by atoms with Crippen LogP contribution in [-0.2, 0) is 6.54 Å². The Morgan fingerprint density at radius 1 is 1.20 bits per heavy atom. The van der Waals surface area contributed by atoms with Crippen LogP contribution in [0.25, 0.3) is 10.8 Å². The van der Waals surface area contributed by atoms with Crippen LogP contribution < -0.4 is 10.1 Å². The highest BCUT2D eigenvalue weighted by Crippen LogP contribution is 2.29. The lowest BCUT2D eigenvalue weighted by atomic mass is 10.2. The Labute approximate surface area is 176 Å². The number of furan rings is 1. The van der Waals surface area contributed by atoms with Gasteiger partial charge in [-0.25, -0.2) is 14.4 Å².